The molecule has 1 heterocycles. The molecule has 0 unspecified atom stereocenters. The Balaban J connectivity index is 1.58. The van der Waals surface area contributed by atoms with E-state index in [4.69, 9.17) is 0 Å². The van der Waals surface area contributed by atoms with E-state index in [9.17, 15) is 5.11 Å². The quantitative estimate of drug-likeness (QED) is 0.637. The van der Waals surface area contributed by atoms with E-state index in [0.717, 1.165) is 29.2 Å². The van der Waals surface area contributed by atoms with Gasteiger partial charge in [-0.3, -0.25) is 0 Å². The van der Waals surface area contributed by atoms with Gasteiger partial charge in [0.2, 0.25) is 5.88 Å². The molecule has 0 aliphatic carbocycles. The number of hydrogen-bond acceptors (Lipinski definition) is 5. The van der Waals surface area contributed by atoms with Gasteiger partial charge in [0.15, 0.2) is 5.13 Å². The molecule has 3 rings (SSSR count). The van der Waals surface area contributed by atoms with Crippen LogP contribution in [-0.4, -0.2) is 16.6 Å². The summed E-state index contributed by atoms with van der Waals surface area (Å²) >= 11 is 1.48. The number of para-hydroxylation sites is 2. The average molecular weight is 311 g/mol. The standard InChI is InChI=1S/C17H17N3OS/c21-16-15(11-12-18-13-7-3-1-4-8-13)22-17(20-16)19-14-9-5-2-6-10-14/h1-10,18,21H,11-12H2,(H,19,20). The number of hydrogen-bond donors (Lipinski definition) is 3. The third-order valence-electron chi connectivity index (χ3n) is 3.16. The first-order chi connectivity index (χ1) is 10.8. The molecule has 3 aromatic rings. The SMILES string of the molecule is Oc1nc(Nc2ccccc2)sc1CCNc1ccccc1. The zero-order valence-corrected chi connectivity index (χ0v) is 12.8. The summed E-state index contributed by atoms with van der Waals surface area (Å²) in [5, 5.41) is 17.2. The van der Waals surface area contributed by atoms with E-state index in [1.807, 2.05) is 60.7 Å². The van der Waals surface area contributed by atoms with Crippen molar-refractivity contribution in [1.29, 1.82) is 0 Å². The highest BCUT2D eigenvalue weighted by molar-refractivity contribution is 7.15. The lowest BCUT2D eigenvalue weighted by molar-refractivity contribution is 0.452. The number of anilines is 3. The highest BCUT2D eigenvalue weighted by Crippen LogP contribution is 2.30. The lowest BCUT2D eigenvalue weighted by atomic mass is 10.3. The third-order valence-corrected chi connectivity index (χ3v) is 4.18. The Labute approximate surface area is 133 Å². The van der Waals surface area contributed by atoms with E-state index in [1.54, 1.807) is 0 Å². The van der Waals surface area contributed by atoms with Gasteiger partial charge in [-0.2, -0.15) is 4.98 Å². The van der Waals surface area contributed by atoms with Gasteiger partial charge >= 0.3 is 0 Å². The van der Waals surface area contributed by atoms with Gasteiger partial charge in [0.05, 0.1) is 4.88 Å². The number of benzene rings is 2. The predicted molar refractivity (Wildman–Crippen MR) is 92.1 cm³/mol. The summed E-state index contributed by atoms with van der Waals surface area (Å²) in [6.07, 6.45) is 0.731. The monoisotopic (exact) mass is 311 g/mol. The van der Waals surface area contributed by atoms with Crippen LogP contribution in [0, 0.1) is 0 Å². The molecule has 0 aliphatic rings. The summed E-state index contributed by atoms with van der Waals surface area (Å²) in [5.74, 6) is 0.110. The van der Waals surface area contributed by atoms with Crippen molar-refractivity contribution in [2.45, 2.75) is 6.42 Å². The second kappa shape index (κ2) is 6.95. The van der Waals surface area contributed by atoms with Crippen molar-refractivity contribution >= 4 is 27.8 Å². The van der Waals surface area contributed by atoms with Gasteiger partial charge in [-0.25, -0.2) is 0 Å². The van der Waals surface area contributed by atoms with Crippen molar-refractivity contribution in [1.82, 2.24) is 4.98 Å². The highest BCUT2D eigenvalue weighted by atomic mass is 32.1. The number of nitrogens with zero attached hydrogens (tertiary/aromatic N) is 1. The maximum Gasteiger partial charge on any atom is 0.227 e. The number of rotatable bonds is 6. The molecule has 5 heteroatoms. The van der Waals surface area contributed by atoms with Gasteiger partial charge in [-0.15, -0.1) is 0 Å². The second-order valence-corrected chi connectivity index (χ2v) is 5.88. The molecule has 0 saturated heterocycles. The Morgan fingerprint density at radius 3 is 2.23 bits per heavy atom. The number of aromatic nitrogens is 1. The van der Waals surface area contributed by atoms with E-state index in [-0.39, 0.29) is 5.88 Å². The van der Waals surface area contributed by atoms with Crippen molar-refractivity contribution in [3.05, 3.63) is 65.5 Å². The van der Waals surface area contributed by atoms with Gasteiger partial charge < -0.3 is 15.7 Å². The molecule has 1 aromatic heterocycles. The van der Waals surface area contributed by atoms with Crippen LogP contribution in [0.5, 0.6) is 5.88 Å². The predicted octanol–water partition coefficient (Wildman–Crippen LogP) is 4.25. The Morgan fingerprint density at radius 1 is 0.909 bits per heavy atom. The van der Waals surface area contributed by atoms with Crippen LogP contribution < -0.4 is 10.6 Å². The normalized spacial score (nSPS) is 10.4. The van der Waals surface area contributed by atoms with Crippen molar-refractivity contribution in [2.75, 3.05) is 17.2 Å². The van der Waals surface area contributed by atoms with Crippen LogP contribution in [0.3, 0.4) is 0 Å². The van der Waals surface area contributed by atoms with Gasteiger partial charge in [0.25, 0.3) is 0 Å². The summed E-state index contributed by atoms with van der Waals surface area (Å²) in [6.45, 7) is 0.755. The number of aromatic hydroxyl groups is 1. The van der Waals surface area contributed by atoms with Crippen LogP contribution in [0.1, 0.15) is 4.88 Å². The largest absolute Gasteiger partial charge is 0.492 e. The fraction of sp³-hybridized carbons (Fsp3) is 0.118. The zero-order valence-electron chi connectivity index (χ0n) is 12.0. The fourth-order valence-corrected chi connectivity index (χ4v) is 2.96. The minimum absolute atomic E-state index is 0.110. The molecular formula is C17H17N3OS. The molecule has 0 fully saturated rings. The fourth-order valence-electron chi connectivity index (χ4n) is 2.08. The summed E-state index contributed by atoms with van der Waals surface area (Å²) < 4.78 is 0. The van der Waals surface area contributed by atoms with E-state index in [2.05, 4.69) is 15.6 Å². The van der Waals surface area contributed by atoms with Crippen molar-refractivity contribution in [3.8, 4) is 5.88 Å². The van der Waals surface area contributed by atoms with Gasteiger partial charge in [0.1, 0.15) is 0 Å². The van der Waals surface area contributed by atoms with Crippen molar-refractivity contribution < 1.29 is 5.11 Å². The molecule has 0 spiro atoms. The van der Waals surface area contributed by atoms with E-state index in [1.165, 1.54) is 11.3 Å². The maximum absolute atomic E-state index is 9.94. The van der Waals surface area contributed by atoms with E-state index < -0.39 is 0 Å². The molecular weight excluding hydrogens is 294 g/mol. The van der Waals surface area contributed by atoms with Crippen LogP contribution in [0.25, 0.3) is 0 Å². The Bertz CT molecular complexity index is 713. The van der Waals surface area contributed by atoms with Gasteiger partial charge in [-0.1, -0.05) is 47.7 Å². The Morgan fingerprint density at radius 2 is 1.55 bits per heavy atom. The molecule has 4 nitrogen and oxygen atoms in total. The van der Waals surface area contributed by atoms with E-state index in [0.29, 0.717) is 5.13 Å². The average Bonchev–Trinajstić information content (AvgIpc) is 2.89. The summed E-state index contributed by atoms with van der Waals surface area (Å²) in [6, 6.07) is 19.8. The molecule has 0 saturated carbocycles. The Hall–Kier alpha value is -2.53. The molecule has 2 aromatic carbocycles. The minimum Gasteiger partial charge on any atom is -0.492 e. The molecule has 0 atom stereocenters. The molecule has 22 heavy (non-hydrogen) atoms. The zero-order chi connectivity index (χ0) is 15.2. The van der Waals surface area contributed by atoms with Crippen molar-refractivity contribution in [2.24, 2.45) is 0 Å². The first kappa shape index (κ1) is 14.4. The Kier molecular flexibility index (Phi) is 4.56. The van der Waals surface area contributed by atoms with Crippen LogP contribution >= 0.6 is 11.3 Å². The molecule has 0 radical (unpaired) electrons. The number of thiazole rings is 1. The van der Waals surface area contributed by atoms with Crippen LogP contribution in [0.15, 0.2) is 60.7 Å². The van der Waals surface area contributed by atoms with Crippen LogP contribution in [0.2, 0.25) is 0 Å². The molecule has 3 N–H and O–H groups in total. The summed E-state index contributed by atoms with van der Waals surface area (Å²) in [7, 11) is 0. The maximum atomic E-state index is 9.94. The number of nitrogens with one attached hydrogen (secondary N) is 2. The van der Waals surface area contributed by atoms with Crippen molar-refractivity contribution in [3.63, 3.8) is 0 Å². The van der Waals surface area contributed by atoms with Crippen LogP contribution in [0.4, 0.5) is 16.5 Å². The molecule has 0 bridgehead atoms. The minimum atomic E-state index is 0.110. The van der Waals surface area contributed by atoms with Gasteiger partial charge in [-0.05, 0) is 24.3 Å². The first-order valence-electron chi connectivity index (χ1n) is 7.11. The second-order valence-electron chi connectivity index (χ2n) is 4.80. The highest BCUT2D eigenvalue weighted by Gasteiger charge is 2.10. The summed E-state index contributed by atoms with van der Waals surface area (Å²) in [5.41, 5.74) is 2.04. The molecule has 0 amide bonds. The van der Waals surface area contributed by atoms with Gasteiger partial charge in [0, 0.05) is 24.3 Å². The molecule has 0 aliphatic heterocycles. The smallest absolute Gasteiger partial charge is 0.227 e. The first-order valence-corrected chi connectivity index (χ1v) is 7.92. The third kappa shape index (κ3) is 3.77. The lowest BCUT2D eigenvalue weighted by Gasteiger charge is -2.04. The lowest BCUT2D eigenvalue weighted by Crippen LogP contribution is -2.03. The summed E-state index contributed by atoms with van der Waals surface area (Å²) in [4.78, 5) is 5.04. The molecule has 112 valence electrons. The van der Waals surface area contributed by atoms with E-state index >= 15 is 0 Å². The topological polar surface area (TPSA) is 57.2 Å². The van der Waals surface area contributed by atoms with Crippen LogP contribution in [-0.2, 0) is 6.42 Å².